The molecule has 3 N–H and O–H groups in total. The molecular formula is C39H48FN5O7P+. The summed E-state index contributed by atoms with van der Waals surface area (Å²) < 4.78 is 50.7. The molecule has 5 atom stereocenters. The van der Waals surface area contributed by atoms with Gasteiger partial charge in [-0.3, -0.25) is 4.57 Å². The third-order valence-corrected chi connectivity index (χ3v) is 12.3. The summed E-state index contributed by atoms with van der Waals surface area (Å²) in [7, 11) is -0.470. The standard InChI is InChI=1S/C39H47FN5O7P/c1-26(2)45(27(3)4)53(47,24-10-22-41)52-36-33(51-37(35(36)40)44-23-21-34(42)43-38(44)46)25-50-39(28-11-8-7-9-12-28,29-13-17-31(48-5)18-14-29)30-15-19-32(49-6)20-16-30/h7-9,11-21,23,26-27,33,35-37,47H,10,24-25H2,1-6H3,(H-,42,43,46)/p+1/t33-,35-,36-,37-,53?/m1/s1. The van der Waals surface area contributed by atoms with Crippen molar-refractivity contribution in [3.8, 4) is 17.6 Å². The van der Waals surface area contributed by atoms with Gasteiger partial charge in [-0.1, -0.05) is 54.6 Å². The zero-order valence-electron chi connectivity index (χ0n) is 30.8. The normalized spacial score (nSPS) is 20.0. The Bertz CT molecular complexity index is 1840. The molecule has 14 heteroatoms. The molecule has 53 heavy (non-hydrogen) atoms. The zero-order chi connectivity index (χ0) is 38.3. The van der Waals surface area contributed by atoms with E-state index in [1.54, 1.807) is 18.9 Å². The molecule has 4 aromatic rings. The van der Waals surface area contributed by atoms with Crippen LogP contribution in [0.25, 0.3) is 0 Å². The molecule has 3 aromatic carbocycles. The number of alkyl halides is 1. The van der Waals surface area contributed by atoms with Crippen molar-refractivity contribution in [3.63, 3.8) is 0 Å². The van der Waals surface area contributed by atoms with Gasteiger partial charge in [0.2, 0.25) is 0 Å². The van der Waals surface area contributed by atoms with Crippen molar-refractivity contribution in [1.29, 1.82) is 5.26 Å². The van der Waals surface area contributed by atoms with Crippen LogP contribution < -0.4 is 20.9 Å². The second-order valence-electron chi connectivity index (χ2n) is 13.3. The fraction of sp³-hybridized carbons (Fsp3) is 0.410. The lowest BCUT2D eigenvalue weighted by atomic mass is 9.80. The van der Waals surface area contributed by atoms with Crippen LogP contribution in [0.2, 0.25) is 0 Å². The smallest absolute Gasteiger partial charge is 0.351 e. The van der Waals surface area contributed by atoms with Crippen molar-refractivity contribution in [2.24, 2.45) is 0 Å². The molecule has 0 bridgehead atoms. The van der Waals surface area contributed by atoms with E-state index in [2.05, 4.69) is 11.1 Å². The molecule has 0 amide bonds. The average molecular weight is 749 g/mol. The first kappa shape index (κ1) is 39.8. The molecule has 282 valence electrons. The van der Waals surface area contributed by atoms with Gasteiger partial charge in [0.25, 0.3) is 0 Å². The van der Waals surface area contributed by atoms with Gasteiger partial charge < -0.3 is 24.7 Å². The second-order valence-corrected chi connectivity index (χ2v) is 15.8. The second kappa shape index (κ2) is 17.2. The summed E-state index contributed by atoms with van der Waals surface area (Å²) in [5.41, 5.74) is 5.90. The average Bonchev–Trinajstić information content (AvgIpc) is 3.44. The van der Waals surface area contributed by atoms with E-state index in [-0.39, 0.29) is 37.1 Å². The Morgan fingerprint density at radius 2 is 1.51 bits per heavy atom. The van der Waals surface area contributed by atoms with E-state index in [9.17, 15) is 14.9 Å². The van der Waals surface area contributed by atoms with Crippen LogP contribution >= 0.6 is 7.87 Å². The highest BCUT2D eigenvalue weighted by Crippen LogP contribution is 2.64. The Hall–Kier alpha value is -4.41. The van der Waals surface area contributed by atoms with Crippen molar-refractivity contribution in [1.82, 2.24) is 14.2 Å². The number of methoxy groups -OCH3 is 2. The number of nitrogens with zero attached hydrogens (tertiary/aromatic N) is 4. The fourth-order valence-electron chi connectivity index (χ4n) is 7.01. The van der Waals surface area contributed by atoms with Gasteiger partial charge in [-0.2, -0.15) is 14.8 Å². The molecule has 1 unspecified atom stereocenters. The zero-order valence-corrected chi connectivity index (χ0v) is 31.7. The first-order chi connectivity index (χ1) is 25.4. The number of hydrogen-bond donors (Lipinski definition) is 2. The molecule has 12 nitrogen and oxygen atoms in total. The molecule has 1 saturated heterocycles. The molecule has 0 spiro atoms. The van der Waals surface area contributed by atoms with Gasteiger partial charge in [-0.25, -0.2) is 14.1 Å². The number of anilines is 1. The summed E-state index contributed by atoms with van der Waals surface area (Å²) >= 11 is 0. The predicted molar refractivity (Wildman–Crippen MR) is 201 cm³/mol. The summed E-state index contributed by atoms with van der Waals surface area (Å²) in [4.78, 5) is 29.1. The molecule has 1 fully saturated rings. The van der Waals surface area contributed by atoms with E-state index in [1.807, 2.05) is 107 Å². The van der Waals surface area contributed by atoms with Crippen molar-refractivity contribution in [3.05, 3.63) is 118 Å². The van der Waals surface area contributed by atoms with E-state index < -0.39 is 43.8 Å². The number of hydrogen-bond acceptors (Lipinski definition) is 11. The lowest BCUT2D eigenvalue weighted by Crippen LogP contribution is -2.44. The van der Waals surface area contributed by atoms with E-state index >= 15 is 4.39 Å². The van der Waals surface area contributed by atoms with Gasteiger partial charge in [-0.15, -0.1) is 4.67 Å². The number of ether oxygens (including phenoxy) is 4. The minimum absolute atomic E-state index is 0.0251. The molecule has 1 aliphatic rings. The van der Waals surface area contributed by atoms with Gasteiger partial charge in [0.15, 0.2) is 18.5 Å². The fourth-order valence-corrected chi connectivity index (χ4v) is 9.93. The quantitative estimate of drug-likeness (QED) is 0.0986. The largest absolute Gasteiger partial charge is 0.497 e. The van der Waals surface area contributed by atoms with Crippen LogP contribution in [0.3, 0.4) is 0 Å². The number of aromatic nitrogens is 2. The lowest BCUT2D eigenvalue weighted by molar-refractivity contribution is -0.0937. The molecule has 1 aliphatic heterocycles. The first-order valence-electron chi connectivity index (χ1n) is 17.5. The maximum absolute atomic E-state index is 17.0. The summed E-state index contributed by atoms with van der Waals surface area (Å²) in [5.74, 6) is 1.26. The summed E-state index contributed by atoms with van der Waals surface area (Å²) in [6.45, 7) is 7.35. The van der Waals surface area contributed by atoms with Gasteiger partial charge in [0.1, 0.15) is 35.2 Å². The van der Waals surface area contributed by atoms with E-state index in [4.69, 9.17) is 29.2 Å². The topological polar surface area (TPSA) is 154 Å². The van der Waals surface area contributed by atoms with Crippen molar-refractivity contribution in [2.75, 3.05) is 32.7 Å². The Morgan fingerprint density at radius 3 is 2.00 bits per heavy atom. The minimum Gasteiger partial charge on any atom is -0.497 e. The van der Waals surface area contributed by atoms with Gasteiger partial charge in [0, 0.05) is 18.3 Å². The Kier molecular flexibility index (Phi) is 12.9. The van der Waals surface area contributed by atoms with Crippen molar-refractivity contribution in [2.45, 2.75) is 76.4 Å². The van der Waals surface area contributed by atoms with Crippen LogP contribution in [0.5, 0.6) is 11.5 Å². The molecular weight excluding hydrogens is 700 g/mol. The molecule has 5 rings (SSSR count). The molecule has 0 saturated carbocycles. The molecule has 0 aliphatic carbocycles. The number of nitrogens with two attached hydrogens (primary N) is 1. The monoisotopic (exact) mass is 748 g/mol. The SMILES string of the molecule is COc1ccc(C(OC[C@H]2O[C@@H](n3ccc(N)nc3=O)[C@H](F)[C@@H]2O[P+](O)(CCC#N)N(C(C)C)C(C)C)(c2ccccc2)c2ccc(OC)cc2)cc1. The molecule has 0 radical (unpaired) electrons. The lowest BCUT2D eigenvalue weighted by Gasteiger charge is -2.38. The maximum atomic E-state index is 17.0. The van der Waals surface area contributed by atoms with Crippen LogP contribution in [0.4, 0.5) is 10.2 Å². The Morgan fingerprint density at radius 1 is 0.962 bits per heavy atom. The van der Waals surface area contributed by atoms with Gasteiger partial charge in [0.05, 0.1) is 33.3 Å². The maximum Gasteiger partial charge on any atom is 0.351 e. The highest BCUT2D eigenvalue weighted by molar-refractivity contribution is 7.63. The Balaban J connectivity index is 1.65. The van der Waals surface area contributed by atoms with Gasteiger partial charge >= 0.3 is 13.6 Å². The highest BCUT2D eigenvalue weighted by Gasteiger charge is 2.58. The van der Waals surface area contributed by atoms with E-state index in [0.29, 0.717) is 11.5 Å². The highest BCUT2D eigenvalue weighted by atomic mass is 31.2. The Labute approximate surface area is 310 Å². The number of rotatable bonds is 16. The predicted octanol–water partition coefficient (Wildman–Crippen LogP) is 6.26. The van der Waals surface area contributed by atoms with E-state index in [0.717, 1.165) is 21.3 Å². The molecule has 1 aromatic heterocycles. The van der Waals surface area contributed by atoms with Crippen LogP contribution in [0.1, 0.15) is 57.0 Å². The number of nitriles is 1. The van der Waals surface area contributed by atoms with Gasteiger partial charge in [-0.05, 0) is 74.7 Å². The van der Waals surface area contributed by atoms with Crippen LogP contribution in [0, 0.1) is 11.3 Å². The summed E-state index contributed by atoms with van der Waals surface area (Å²) in [6, 6.07) is 27.5. The third-order valence-electron chi connectivity index (χ3n) is 9.25. The van der Waals surface area contributed by atoms with Crippen molar-refractivity contribution < 1.29 is 32.8 Å². The van der Waals surface area contributed by atoms with Crippen LogP contribution in [0.15, 0.2) is 95.9 Å². The van der Waals surface area contributed by atoms with E-state index in [1.165, 1.54) is 12.3 Å². The summed E-state index contributed by atoms with van der Waals surface area (Å²) in [6.07, 6.45) is -4.78. The summed E-state index contributed by atoms with van der Waals surface area (Å²) in [5, 5.41) is 9.55. The minimum atomic E-state index is -3.64. The van der Waals surface area contributed by atoms with Crippen molar-refractivity contribution >= 4 is 13.7 Å². The number of halogens is 1. The van der Waals surface area contributed by atoms with Crippen LogP contribution in [-0.2, 0) is 19.6 Å². The third kappa shape index (κ3) is 8.39. The number of nitrogen functional groups attached to an aromatic ring is 1. The number of benzene rings is 3. The molecule has 2 heterocycles. The first-order valence-corrected chi connectivity index (χ1v) is 19.3. The van der Waals surface area contributed by atoms with Crippen LogP contribution in [-0.4, -0.2) is 76.6 Å².